The first kappa shape index (κ1) is 13.0. The van der Waals surface area contributed by atoms with Crippen molar-refractivity contribution in [3.05, 3.63) is 40.9 Å². The average Bonchev–Trinajstić information content (AvgIpc) is 2.24. The molecular weight excluding hydrogens is 226 g/mol. The maximum absolute atomic E-state index is 6.07. The molecule has 3 nitrogen and oxygen atoms in total. The molecule has 0 fully saturated rings. The minimum absolute atomic E-state index is 0.475. The lowest BCUT2D eigenvalue weighted by atomic mass is 10.1. The molecule has 88 valence electrons. The number of ether oxygens (including phenoxy) is 1. The van der Waals surface area contributed by atoms with Crippen molar-refractivity contribution in [3.8, 4) is 5.75 Å². The molecule has 1 aromatic carbocycles. The minimum Gasteiger partial charge on any atom is -0.488 e. The molecule has 0 atom stereocenters. The second-order valence-corrected chi connectivity index (χ2v) is 4.04. The van der Waals surface area contributed by atoms with Crippen molar-refractivity contribution < 1.29 is 9.57 Å². The van der Waals surface area contributed by atoms with Crippen LogP contribution < -0.4 is 10.6 Å². The molecule has 0 amide bonds. The summed E-state index contributed by atoms with van der Waals surface area (Å²) in [5, 5.41) is 0.593. The summed E-state index contributed by atoms with van der Waals surface area (Å²) in [6.07, 6.45) is 0.733. The van der Waals surface area contributed by atoms with Gasteiger partial charge in [0.15, 0.2) is 0 Å². The van der Waals surface area contributed by atoms with Crippen molar-refractivity contribution in [1.82, 2.24) is 0 Å². The third kappa shape index (κ3) is 4.23. The second kappa shape index (κ2) is 6.53. The van der Waals surface area contributed by atoms with Crippen molar-refractivity contribution in [1.29, 1.82) is 0 Å². The van der Waals surface area contributed by atoms with Gasteiger partial charge in [0.2, 0.25) is 0 Å². The lowest BCUT2D eigenvalue weighted by molar-refractivity contribution is 0.141. The van der Waals surface area contributed by atoms with Gasteiger partial charge in [-0.3, -0.25) is 0 Å². The van der Waals surface area contributed by atoms with Crippen molar-refractivity contribution >= 4 is 11.6 Å². The zero-order valence-corrected chi connectivity index (χ0v) is 10.1. The van der Waals surface area contributed by atoms with E-state index >= 15 is 0 Å². The van der Waals surface area contributed by atoms with Crippen LogP contribution in [0.15, 0.2) is 30.4 Å². The average molecular weight is 242 g/mol. The Morgan fingerprint density at radius 3 is 2.81 bits per heavy atom. The number of hydrogen-bond donors (Lipinski definition) is 1. The standard InChI is InChI=1S/C12H16ClNO2/c1-9(2)8-15-12-4-3-10(5-6-16-14)7-11(12)13/h3-4,7H,1,5-6,8,14H2,2H3. The molecule has 0 saturated carbocycles. The van der Waals surface area contributed by atoms with E-state index in [0.29, 0.717) is 24.0 Å². The zero-order valence-electron chi connectivity index (χ0n) is 9.33. The number of halogens is 1. The lowest BCUT2D eigenvalue weighted by Crippen LogP contribution is -2.04. The Hall–Kier alpha value is -1.03. The van der Waals surface area contributed by atoms with Crippen LogP contribution in [-0.2, 0) is 11.3 Å². The number of nitrogens with two attached hydrogens (primary N) is 1. The van der Waals surface area contributed by atoms with E-state index in [0.717, 1.165) is 17.6 Å². The van der Waals surface area contributed by atoms with E-state index in [4.69, 9.17) is 22.2 Å². The predicted octanol–water partition coefficient (Wildman–Crippen LogP) is 2.73. The third-order valence-corrected chi connectivity index (χ3v) is 2.27. The zero-order chi connectivity index (χ0) is 12.0. The first-order chi connectivity index (χ1) is 7.63. The first-order valence-corrected chi connectivity index (χ1v) is 5.38. The van der Waals surface area contributed by atoms with Gasteiger partial charge in [-0.2, -0.15) is 0 Å². The minimum atomic E-state index is 0.475. The molecule has 0 aliphatic carbocycles. The summed E-state index contributed by atoms with van der Waals surface area (Å²) in [4.78, 5) is 4.51. The molecule has 0 radical (unpaired) electrons. The lowest BCUT2D eigenvalue weighted by Gasteiger charge is -2.09. The van der Waals surface area contributed by atoms with Crippen molar-refractivity contribution in [3.63, 3.8) is 0 Å². The van der Waals surface area contributed by atoms with E-state index in [-0.39, 0.29) is 0 Å². The smallest absolute Gasteiger partial charge is 0.138 e. The topological polar surface area (TPSA) is 44.5 Å². The van der Waals surface area contributed by atoms with Crippen LogP contribution in [0, 0.1) is 0 Å². The Bertz CT molecular complexity index is 366. The monoisotopic (exact) mass is 241 g/mol. The molecule has 1 rings (SSSR count). The fourth-order valence-electron chi connectivity index (χ4n) is 1.19. The molecule has 1 aromatic rings. The summed E-state index contributed by atoms with van der Waals surface area (Å²) < 4.78 is 5.47. The van der Waals surface area contributed by atoms with E-state index < -0.39 is 0 Å². The molecule has 2 N–H and O–H groups in total. The summed E-state index contributed by atoms with van der Waals surface area (Å²) in [6.45, 7) is 6.61. The molecule has 0 unspecified atom stereocenters. The van der Waals surface area contributed by atoms with Gasteiger partial charge in [-0.15, -0.1) is 0 Å². The molecular formula is C12H16ClNO2. The summed E-state index contributed by atoms with van der Waals surface area (Å²) in [7, 11) is 0. The first-order valence-electron chi connectivity index (χ1n) is 5.00. The van der Waals surface area contributed by atoms with Crippen LogP contribution in [0.2, 0.25) is 5.02 Å². The van der Waals surface area contributed by atoms with Gasteiger partial charge in [0.1, 0.15) is 12.4 Å². The van der Waals surface area contributed by atoms with E-state index in [2.05, 4.69) is 11.4 Å². The van der Waals surface area contributed by atoms with Crippen LogP contribution in [0.3, 0.4) is 0 Å². The van der Waals surface area contributed by atoms with Crippen LogP contribution in [0.25, 0.3) is 0 Å². The van der Waals surface area contributed by atoms with Crippen LogP contribution in [0.5, 0.6) is 5.75 Å². The van der Waals surface area contributed by atoms with Crippen molar-refractivity contribution in [2.45, 2.75) is 13.3 Å². The highest BCUT2D eigenvalue weighted by Crippen LogP contribution is 2.25. The van der Waals surface area contributed by atoms with E-state index in [1.165, 1.54) is 0 Å². The normalized spacial score (nSPS) is 10.2. The van der Waals surface area contributed by atoms with E-state index in [1.807, 2.05) is 25.1 Å². The van der Waals surface area contributed by atoms with E-state index in [9.17, 15) is 0 Å². The maximum Gasteiger partial charge on any atom is 0.138 e. The van der Waals surface area contributed by atoms with Crippen LogP contribution in [-0.4, -0.2) is 13.2 Å². The highest BCUT2D eigenvalue weighted by atomic mass is 35.5. The van der Waals surface area contributed by atoms with E-state index in [1.54, 1.807) is 0 Å². The molecule has 0 spiro atoms. The molecule has 0 aromatic heterocycles. The van der Waals surface area contributed by atoms with Crippen LogP contribution in [0.4, 0.5) is 0 Å². The van der Waals surface area contributed by atoms with Gasteiger partial charge in [0, 0.05) is 0 Å². The van der Waals surface area contributed by atoms with Crippen LogP contribution in [0.1, 0.15) is 12.5 Å². The molecule has 0 saturated heterocycles. The maximum atomic E-state index is 6.07. The van der Waals surface area contributed by atoms with Gasteiger partial charge in [0.25, 0.3) is 0 Å². The highest BCUT2D eigenvalue weighted by Gasteiger charge is 2.03. The summed E-state index contributed by atoms with van der Waals surface area (Å²) in [6, 6.07) is 5.64. The van der Waals surface area contributed by atoms with Crippen molar-refractivity contribution in [2.24, 2.45) is 5.90 Å². The fourth-order valence-corrected chi connectivity index (χ4v) is 1.45. The summed E-state index contributed by atoms with van der Waals surface area (Å²) >= 11 is 6.07. The third-order valence-electron chi connectivity index (χ3n) is 1.98. The molecule has 0 aliphatic heterocycles. The van der Waals surface area contributed by atoms with Gasteiger partial charge in [-0.25, -0.2) is 5.90 Å². The number of rotatable bonds is 6. The van der Waals surface area contributed by atoms with Crippen LogP contribution >= 0.6 is 11.6 Å². The Kier molecular flexibility index (Phi) is 5.32. The molecule has 4 heteroatoms. The van der Waals surface area contributed by atoms with Crippen molar-refractivity contribution in [2.75, 3.05) is 13.2 Å². The highest BCUT2D eigenvalue weighted by molar-refractivity contribution is 6.32. The summed E-state index contributed by atoms with van der Waals surface area (Å²) in [5.41, 5.74) is 2.02. The Balaban J connectivity index is 2.63. The van der Waals surface area contributed by atoms with Gasteiger partial charge in [-0.05, 0) is 36.6 Å². The Morgan fingerprint density at radius 1 is 1.50 bits per heavy atom. The molecule has 0 heterocycles. The second-order valence-electron chi connectivity index (χ2n) is 3.63. The quantitative estimate of drug-likeness (QED) is 0.615. The molecule has 16 heavy (non-hydrogen) atoms. The van der Waals surface area contributed by atoms with Gasteiger partial charge in [-0.1, -0.05) is 24.2 Å². The molecule has 0 bridgehead atoms. The SMILES string of the molecule is C=C(C)COc1ccc(CCON)cc1Cl. The summed E-state index contributed by atoms with van der Waals surface area (Å²) in [5.74, 6) is 5.63. The van der Waals surface area contributed by atoms with Gasteiger partial charge < -0.3 is 9.57 Å². The predicted molar refractivity (Wildman–Crippen MR) is 65.6 cm³/mol. The number of benzene rings is 1. The van der Waals surface area contributed by atoms with Gasteiger partial charge >= 0.3 is 0 Å². The van der Waals surface area contributed by atoms with Gasteiger partial charge in [0.05, 0.1) is 11.6 Å². The number of hydrogen-bond acceptors (Lipinski definition) is 3. The Labute approximate surface area is 101 Å². The fraction of sp³-hybridized carbons (Fsp3) is 0.333. The largest absolute Gasteiger partial charge is 0.488 e. The molecule has 0 aliphatic rings. The Morgan fingerprint density at radius 2 is 2.25 bits per heavy atom.